The molecule has 0 bridgehead atoms. The zero-order chi connectivity index (χ0) is 14.7. The van der Waals surface area contributed by atoms with Gasteiger partial charge in [0.05, 0.1) is 10.6 Å². The highest BCUT2D eigenvalue weighted by Crippen LogP contribution is 2.33. The van der Waals surface area contributed by atoms with E-state index in [1.807, 2.05) is 6.07 Å². The Morgan fingerprint density at radius 1 is 0.905 bits per heavy atom. The molecule has 2 aromatic carbocycles. The lowest BCUT2D eigenvalue weighted by Gasteiger charge is -2.21. The van der Waals surface area contributed by atoms with Crippen molar-refractivity contribution in [2.24, 2.45) is 0 Å². The maximum atomic E-state index is 12.9. The van der Waals surface area contributed by atoms with Gasteiger partial charge in [-0.2, -0.15) is 0 Å². The lowest BCUT2D eigenvalue weighted by molar-refractivity contribution is 0.596. The van der Waals surface area contributed by atoms with Gasteiger partial charge in [-0.3, -0.25) is 0 Å². The minimum absolute atomic E-state index is 0.240. The molecule has 106 valence electrons. The summed E-state index contributed by atoms with van der Waals surface area (Å²) in [5, 5.41) is 2.18. The fourth-order valence-corrected chi connectivity index (χ4v) is 4.28. The first-order valence-corrected chi connectivity index (χ1v) is 8.56. The van der Waals surface area contributed by atoms with Crippen LogP contribution in [0.25, 0.3) is 0 Å². The van der Waals surface area contributed by atoms with Gasteiger partial charge in [-0.05, 0) is 24.3 Å². The van der Waals surface area contributed by atoms with Crippen molar-refractivity contribution in [3.63, 3.8) is 0 Å². The summed E-state index contributed by atoms with van der Waals surface area (Å²) in [6.45, 7) is 0. The quantitative estimate of drug-likeness (QED) is 0.738. The second-order valence-electron chi connectivity index (χ2n) is 4.23. The first-order chi connectivity index (χ1) is 10.2. The molecule has 0 spiro atoms. The summed E-state index contributed by atoms with van der Waals surface area (Å²) in [5.41, 5.74) is 0.566. The average molecular weight is 316 g/mol. The molecule has 0 amide bonds. The van der Waals surface area contributed by atoms with Gasteiger partial charge in [0.15, 0.2) is 0 Å². The predicted octanol–water partition coefficient (Wildman–Crippen LogP) is 3.67. The Morgan fingerprint density at radius 2 is 1.52 bits per heavy atom. The van der Waals surface area contributed by atoms with Gasteiger partial charge in [0.2, 0.25) is 5.13 Å². The molecule has 0 saturated heterocycles. The molecular weight excluding hydrogens is 304 g/mol. The highest BCUT2D eigenvalue weighted by molar-refractivity contribution is 7.93. The summed E-state index contributed by atoms with van der Waals surface area (Å²) in [4.78, 5) is 4.39. The summed E-state index contributed by atoms with van der Waals surface area (Å²) in [5.74, 6) is 0. The molecule has 4 nitrogen and oxygen atoms in total. The van der Waals surface area contributed by atoms with Crippen LogP contribution in [0.15, 0.2) is 77.1 Å². The van der Waals surface area contributed by atoms with Crippen molar-refractivity contribution in [3.05, 3.63) is 72.2 Å². The summed E-state index contributed by atoms with van der Waals surface area (Å²) in [6.07, 6.45) is 1.59. The first-order valence-electron chi connectivity index (χ1n) is 6.24. The zero-order valence-electron chi connectivity index (χ0n) is 11.0. The monoisotopic (exact) mass is 316 g/mol. The normalized spacial score (nSPS) is 11.2. The van der Waals surface area contributed by atoms with E-state index >= 15 is 0 Å². The molecule has 0 aliphatic carbocycles. The van der Waals surface area contributed by atoms with Crippen molar-refractivity contribution < 1.29 is 8.42 Å². The molecule has 1 heterocycles. The largest absolute Gasteiger partial charge is 0.270 e. The Kier molecular flexibility index (Phi) is 3.72. The minimum Gasteiger partial charge on any atom is -0.228 e. The number of hydrogen-bond donors (Lipinski definition) is 0. The topological polar surface area (TPSA) is 50.3 Å². The molecular formula is C15H12N2O2S2. The number of hydrogen-bond acceptors (Lipinski definition) is 4. The number of anilines is 2. The van der Waals surface area contributed by atoms with Gasteiger partial charge >= 0.3 is 0 Å². The van der Waals surface area contributed by atoms with E-state index in [0.29, 0.717) is 10.8 Å². The third kappa shape index (κ3) is 2.68. The van der Waals surface area contributed by atoms with Gasteiger partial charge < -0.3 is 0 Å². The summed E-state index contributed by atoms with van der Waals surface area (Å²) < 4.78 is 27.1. The van der Waals surface area contributed by atoms with E-state index in [-0.39, 0.29) is 4.90 Å². The molecule has 0 aliphatic heterocycles. The Morgan fingerprint density at radius 3 is 2.10 bits per heavy atom. The summed E-state index contributed by atoms with van der Waals surface area (Å²) >= 11 is 1.28. The zero-order valence-corrected chi connectivity index (χ0v) is 12.6. The third-order valence-corrected chi connectivity index (χ3v) is 5.47. The molecule has 3 rings (SSSR count). The van der Waals surface area contributed by atoms with E-state index in [4.69, 9.17) is 0 Å². The number of benzene rings is 2. The van der Waals surface area contributed by atoms with Crippen LogP contribution in [0.3, 0.4) is 0 Å². The Labute approximate surface area is 127 Å². The number of para-hydroxylation sites is 1. The maximum absolute atomic E-state index is 12.9. The van der Waals surface area contributed by atoms with Crippen molar-refractivity contribution >= 4 is 32.2 Å². The van der Waals surface area contributed by atoms with E-state index in [9.17, 15) is 8.42 Å². The lowest BCUT2D eigenvalue weighted by atomic mass is 10.3. The fraction of sp³-hybridized carbons (Fsp3) is 0. The standard InChI is InChI=1S/C15H12N2O2S2/c18-21(19,14-9-5-2-6-10-14)17(15-16-11-12-20-15)13-7-3-1-4-8-13/h1-12H. The van der Waals surface area contributed by atoms with Crippen LogP contribution in [0.1, 0.15) is 0 Å². The van der Waals surface area contributed by atoms with Crippen molar-refractivity contribution in [2.45, 2.75) is 4.90 Å². The van der Waals surface area contributed by atoms with Crippen LogP contribution in [0.5, 0.6) is 0 Å². The molecule has 3 aromatic rings. The van der Waals surface area contributed by atoms with E-state index in [1.54, 1.807) is 66.2 Å². The number of aromatic nitrogens is 1. The van der Waals surface area contributed by atoms with Crippen LogP contribution in [0.2, 0.25) is 0 Å². The molecule has 0 aliphatic rings. The van der Waals surface area contributed by atoms with Crippen molar-refractivity contribution in [3.8, 4) is 0 Å². The number of nitrogens with zero attached hydrogens (tertiary/aromatic N) is 2. The summed E-state index contributed by atoms with van der Waals surface area (Å²) in [7, 11) is -3.70. The molecule has 21 heavy (non-hydrogen) atoms. The SMILES string of the molecule is O=S(=O)(c1ccccc1)N(c1ccccc1)c1nccs1. The molecule has 0 fully saturated rings. The molecule has 0 saturated carbocycles. The Hall–Kier alpha value is -2.18. The van der Waals surface area contributed by atoms with Gasteiger partial charge in [0.1, 0.15) is 0 Å². The Bertz CT molecular complexity index is 801. The predicted molar refractivity (Wildman–Crippen MR) is 84.3 cm³/mol. The third-order valence-electron chi connectivity index (χ3n) is 2.87. The molecule has 0 radical (unpaired) electrons. The molecule has 0 atom stereocenters. The van der Waals surface area contributed by atoms with E-state index in [1.165, 1.54) is 15.6 Å². The highest BCUT2D eigenvalue weighted by Gasteiger charge is 2.28. The lowest BCUT2D eigenvalue weighted by Crippen LogP contribution is -2.26. The molecule has 6 heteroatoms. The van der Waals surface area contributed by atoms with E-state index in [2.05, 4.69) is 4.98 Å². The van der Waals surface area contributed by atoms with Crippen molar-refractivity contribution in [1.29, 1.82) is 0 Å². The summed E-state index contributed by atoms with van der Waals surface area (Å²) in [6, 6.07) is 17.3. The van der Waals surface area contributed by atoms with Crippen LogP contribution in [0, 0.1) is 0 Å². The van der Waals surface area contributed by atoms with Crippen LogP contribution in [0.4, 0.5) is 10.8 Å². The molecule has 1 aromatic heterocycles. The minimum atomic E-state index is -3.70. The second kappa shape index (κ2) is 5.67. The van der Waals surface area contributed by atoms with Gasteiger partial charge in [-0.1, -0.05) is 36.4 Å². The van der Waals surface area contributed by atoms with Crippen LogP contribution < -0.4 is 4.31 Å². The first kappa shape index (κ1) is 13.8. The van der Waals surface area contributed by atoms with E-state index in [0.717, 1.165) is 0 Å². The van der Waals surface area contributed by atoms with Crippen molar-refractivity contribution in [2.75, 3.05) is 4.31 Å². The highest BCUT2D eigenvalue weighted by atomic mass is 32.2. The van der Waals surface area contributed by atoms with Gasteiger partial charge in [0.25, 0.3) is 10.0 Å². The maximum Gasteiger partial charge on any atom is 0.270 e. The van der Waals surface area contributed by atoms with Crippen molar-refractivity contribution in [1.82, 2.24) is 4.98 Å². The van der Waals surface area contributed by atoms with Crippen LogP contribution >= 0.6 is 11.3 Å². The molecule has 0 unspecified atom stereocenters. The van der Waals surface area contributed by atoms with Crippen LogP contribution in [-0.4, -0.2) is 13.4 Å². The fourth-order valence-electron chi connectivity index (χ4n) is 1.93. The van der Waals surface area contributed by atoms with Crippen LogP contribution in [-0.2, 0) is 10.0 Å². The molecule has 0 N–H and O–H groups in total. The number of rotatable bonds is 4. The average Bonchev–Trinajstić information content (AvgIpc) is 3.03. The van der Waals surface area contributed by atoms with Gasteiger partial charge in [-0.15, -0.1) is 11.3 Å². The smallest absolute Gasteiger partial charge is 0.228 e. The van der Waals surface area contributed by atoms with Gasteiger partial charge in [-0.25, -0.2) is 17.7 Å². The number of thiazole rings is 1. The second-order valence-corrected chi connectivity index (χ2v) is 6.89. The number of sulfonamides is 1. The Balaban J connectivity index is 2.17. The van der Waals surface area contributed by atoms with Gasteiger partial charge in [0, 0.05) is 11.6 Å². The van der Waals surface area contributed by atoms with E-state index < -0.39 is 10.0 Å².